The van der Waals surface area contributed by atoms with Gasteiger partial charge in [-0.25, -0.2) is 12.7 Å². The number of carbonyl (C=O) groups is 2. The van der Waals surface area contributed by atoms with E-state index >= 15 is 0 Å². The van der Waals surface area contributed by atoms with Gasteiger partial charge in [0.2, 0.25) is 21.8 Å². The third kappa shape index (κ3) is 4.94. The van der Waals surface area contributed by atoms with E-state index in [-0.39, 0.29) is 23.7 Å². The van der Waals surface area contributed by atoms with Crippen molar-refractivity contribution in [3.63, 3.8) is 0 Å². The Morgan fingerprint density at radius 3 is 1.84 bits per heavy atom. The molecule has 2 aliphatic heterocycles. The summed E-state index contributed by atoms with van der Waals surface area (Å²) >= 11 is 0. The van der Waals surface area contributed by atoms with Crippen LogP contribution in [-0.4, -0.2) is 79.9 Å². The van der Waals surface area contributed by atoms with Gasteiger partial charge < -0.3 is 9.80 Å². The molecule has 7 nitrogen and oxygen atoms in total. The lowest BCUT2D eigenvalue weighted by Crippen LogP contribution is -2.54. The number of nitrogens with zero attached hydrogens (tertiary/aromatic N) is 3. The van der Waals surface area contributed by atoms with Crippen LogP contribution in [0.5, 0.6) is 0 Å². The first-order chi connectivity index (χ1) is 11.8. The van der Waals surface area contributed by atoms with Crippen LogP contribution in [0.25, 0.3) is 0 Å². The molecule has 144 valence electrons. The summed E-state index contributed by atoms with van der Waals surface area (Å²) in [6.45, 7) is 7.27. The quantitative estimate of drug-likeness (QED) is 0.713. The van der Waals surface area contributed by atoms with Gasteiger partial charge in [0.25, 0.3) is 0 Å². The van der Waals surface area contributed by atoms with Gasteiger partial charge in [0.05, 0.1) is 6.26 Å². The molecule has 2 aliphatic rings. The Hall–Kier alpha value is -1.15. The van der Waals surface area contributed by atoms with E-state index in [1.807, 2.05) is 23.6 Å². The van der Waals surface area contributed by atoms with Crippen molar-refractivity contribution in [2.45, 2.75) is 39.5 Å². The Labute approximate surface area is 151 Å². The highest BCUT2D eigenvalue weighted by atomic mass is 32.2. The normalized spacial score (nSPS) is 21.0. The molecular weight excluding hydrogens is 342 g/mol. The van der Waals surface area contributed by atoms with Gasteiger partial charge in [-0.1, -0.05) is 13.8 Å². The lowest BCUT2D eigenvalue weighted by Gasteiger charge is -2.39. The van der Waals surface area contributed by atoms with Crippen LogP contribution in [0.4, 0.5) is 0 Å². The largest absolute Gasteiger partial charge is 0.339 e. The fourth-order valence-electron chi connectivity index (χ4n) is 3.74. The minimum atomic E-state index is -3.17. The molecule has 0 radical (unpaired) electrons. The third-order valence-electron chi connectivity index (χ3n) is 5.51. The van der Waals surface area contributed by atoms with Crippen LogP contribution < -0.4 is 0 Å². The zero-order valence-electron chi connectivity index (χ0n) is 15.6. The SMILES string of the molecule is CCC(CC)C(=O)N1CCN(C(=O)C2CCN(S(C)(=O)=O)CC2)CC1. The highest BCUT2D eigenvalue weighted by molar-refractivity contribution is 7.88. The number of carbonyl (C=O) groups excluding carboxylic acids is 2. The number of rotatable bonds is 5. The fourth-order valence-corrected chi connectivity index (χ4v) is 4.61. The van der Waals surface area contributed by atoms with Gasteiger partial charge in [0.15, 0.2) is 0 Å². The predicted octanol–water partition coefficient (Wildman–Crippen LogP) is 0.765. The molecule has 25 heavy (non-hydrogen) atoms. The Bertz CT molecular complexity index is 573. The summed E-state index contributed by atoms with van der Waals surface area (Å²) in [7, 11) is -3.17. The average Bonchev–Trinajstić information content (AvgIpc) is 2.61. The zero-order chi connectivity index (χ0) is 18.6. The first kappa shape index (κ1) is 20.2. The van der Waals surface area contributed by atoms with Crippen LogP contribution in [0.2, 0.25) is 0 Å². The molecule has 0 aromatic carbocycles. The molecule has 0 N–H and O–H groups in total. The molecule has 2 saturated heterocycles. The number of hydrogen-bond acceptors (Lipinski definition) is 4. The molecule has 0 bridgehead atoms. The highest BCUT2D eigenvalue weighted by Gasteiger charge is 2.33. The monoisotopic (exact) mass is 373 g/mol. The van der Waals surface area contributed by atoms with Crippen LogP contribution in [0.1, 0.15) is 39.5 Å². The van der Waals surface area contributed by atoms with E-state index in [1.165, 1.54) is 10.6 Å². The maximum atomic E-state index is 12.7. The summed E-state index contributed by atoms with van der Waals surface area (Å²) in [5.74, 6) is 0.309. The minimum Gasteiger partial charge on any atom is -0.339 e. The summed E-state index contributed by atoms with van der Waals surface area (Å²) in [6, 6.07) is 0. The van der Waals surface area contributed by atoms with Crippen molar-refractivity contribution >= 4 is 21.8 Å². The van der Waals surface area contributed by atoms with Gasteiger partial charge >= 0.3 is 0 Å². The predicted molar refractivity (Wildman–Crippen MR) is 96.4 cm³/mol. The summed E-state index contributed by atoms with van der Waals surface area (Å²) in [5, 5.41) is 0. The maximum absolute atomic E-state index is 12.7. The second-order valence-electron chi connectivity index (χ2n) is 7.10. The summed E-state index contributed by atoms with van der Waals surface area (Å²) in [5.41, 5.74) is 0. The van der Waals surface area contributed by atoms with Gasteiger partial charge in [0.1, 0.15) is 0 Å². The van der Waals surface area contributed by atoms with E-state index in [1.54, 1.807) is 0 Å². The van der Waals surface area contributed by atoms with Crippen molar-refractivity contribution in [3.8, 4) is 0 Å². The number of hydrogen-bond donors (Lipinski definition) is 0. The lowest BCUT2D eigenvalue weighted by molar-refractivity contribution is -0.144. The van der Waals surface area contributed by atoms with E-state index in [0.717, 1.165) is 12.8 Å². The van der Waals surface area contributed by atoms with Gasteiger partial charge in [-0.3, -0.25) is 9.59 Å². The van der Waals surface area contributed by atoms with Crippen LogP contribution >= 0.6 is 0 Å². The topological polar surface area (TPSA) is 78.0 Å². The molecule has 0 aromatic rings. The summed E-state index contributed by atoms with van der Waals surface area (Å²) in [4.78, 5) is 28.8. The van der Waals surface area contributed by atoms with E-state index in [2.05, 4.69) is 0 Å². The van der Waals surface area contributed by atoms with Gasteiger partial charge in [-0.2, -0.15) is 0 Å². The molecule has 0 atom stereocenters. The van der Waals surface area contributed by atoms with Crippen molar-refractivity contribution in [1.82, 2.24) is 14.1 Å². The maximum Gasteiger partial charge on any atom is 0.225 e. The standard InChI is InChI=1S/C17H31N3O4S/c1-4-14(5-2)16(21)18-10-12-19(13-11-18)17(22)15-6-8-20(9-7-15)25(3,23)24/h14-15H,4-13H2,1-3H3. The third-order valence-corrected chi connectivity index (χ3v) is 6.81. The van der Waals surface area contributed by atoms with E-state index in [9.17, 15) is 18.0 Å². The molecule has 0 unspecified atom stereocenters. The molecular formula is C17H31N3O4S. The van der Waals surface area contributed by atoms with Gasteiger partial charge in [0, 0.05) is 51.1 Å². The lowest BCUT2D eigenvalue weighted by atomic mass is 9.96. The highest BCUT2D eigenvalue weighted by Crippen LogP contribution is 2.22. The van der Waals surface area contributed by atoms with Crippen molar-refractivity contribution in [2.75, 3.05) is 45.5 Å². The first-order valence-electron chi connectivity index (χ1n) is 9.30. The summed E-state index contributed by atoms with van der Waals surface area (Å²) < 4.78 is 24.6. The van der Waals surface area contributed by atoms with Gasteiger partial charge in [-0.05, 0) is 25.7 Å². The van der Waals surface area contributed by atoms with Crippen molar-refractivity contribution in [3.05, 3.63) is 0 Å². The zero-order valence-corrected chi connectivity index (χ0v) is 16.4. The molecule has 2 amide bonds. The Balaban J connectivity index is 1.83. The van der Waals surface area contributed by atoms with Crippen molar-refractivity contribution in [1.29, 1.82) is 0 Å². The molecule has 2 heterocycles. The fraction of sp³-hybridized carbons (Fsp3) is 0.882. The van der Waals surface area contributed by atoms with Crippen molar-refractivity contribution < 1.29 is 18.0 Å². The molecule has 0 aliphatic carbocycles. The Morgan fingerprint density at radius 2 is 1.40 bits per heavy atom. The number of piperazine rings is 1. The van der Waals surface area contributed by atoms with Crippen LogP contribution in [0.15, 0.2) is 0 Å². The number of amides is 2. The average molecular weight is 374 g/mol. The number of sulfonamides is 1. The van der Waals surface area contributed by atoms with E-state index < -0.39 is 10.0 Å². The second-order valence-corrected chi connectivity index (χ2v) is 9.08. The van der Waals surface area contributed by atoms with Crippen molar-refractivity contribution in [2.24, 2.45) is 11.8 Å². The van der Waals surface area contributed by atoms with Crippen LogP contribution in [-0.2, 0) is 19.6 Å². The second kappa shape index (κ2) is 8.49. The van der Waals surface area contributed by atoms with E-state index in [0.29, 0.717) is 52.1 Å². The number of piperidine rings is 1. The molecule has 8 heteroatoms. The van der Waals surface area contributed by atoms with Crippen LogP contribution in [0, 0.1) is 11.8 Å². The van der Waals surface area contributed by atoms with Gasteiger partial charge in [-0.15, -0.1) is 0 Å². The molecule has 0 aromatic heterocycles. The smallest absolute Gasteiger partial charge is 0.225 e. The molecule has 0 spiro atoms. The summed E-state index contributed by atoms with van der Waals surface area (Å²) in [6.07, 6.45) is 4.09. The Kier molecular flexibility index (Phi) is 6.85. The Morgan fingerprint density at radius 1 is 0.920 bits per heavy atom. The molecule has 2 rings (SSSR count). The minimum absolute atomic E-state index is 0.0857. The first-order valence-corrected chi connectivity index (χ1v) is 11.1. The van der Waals surface area contributed by atoms with E-state index in [4.69, 9.17) is 0 Å². The van der Waals surface area contributed by atoms with Crippen LogP contribution in [0.3, 0.4) is 0 Å². The molecule has 0 saturated carbocycles. The molecule has 2 fully saturated rings.